The zero-order valence-electron chi connectivity index (χ0n) is 31.1. The summed E-state index contributed by atoms with van der Waals surface area (Å²) in [6.45, 7) is 22.0. The standard InChI is InChI=1S/2C11H15NO2.C9H13NO.C9H13N.2CH4/c1-8(2)9-3-10(5-12-4-9)14-11-6-13-7-11;1-8(2)9-3-4-11(12-5-9)14-10-6-13-7-10;1-7(2)8-4-9(11-3)6-10-5-8;1-7(2)9-5-4-8(3)10-6-9;;/h3-5,8,11H,6-7H2,1-2H3;3-5,8,10H,6-7H2,1-2H3;4-7H,1-3H3;4-7H,1-3H3;2*1H4. The molecule has 0 atom stereocenters. The van der Waals surface area contributed by atoms with Gasteiger partial charge >= 0.3 is 0 Å². The van der Waals surface area contributed by atoms with E-state index < -0.39 is 0 Å². The quantitative estimate of drug-likeness (QED) is 0.169. The van der Waals surface area contributed by atoms with E-state index in [4.69, 9.17) is 23.7 Å². The molecule has 9 nitrogen and oxygen atoms in total. The third-order valence-electron chi connectivity index (χ3n) is 7.87. The third kappa shape index (κ3) is 16.2. The van der Waals surface area contributed by atoms with Crippen LogP contribution in [0.15, 0.2) is 73.6 Å². The zero-order valence-corrected chi connectivity index (χ0v) is 31.1. The van der Waals surface area contributed by atoms with Crippen LogP contribution < -0.4 is 14.2 Å². The maximum atomic E-state index is 5.65. The first kappa shape index (κ1) is 44.9. The smallest absolute Gasteiger partial charge is 0.213 e. The Bertz CT molecular complexity index is 1490. The molecule has 2 saturated heterocycles. The maximum absolute atomic E-state index is 5.65. The molecule has 6 heterocycles. The highest BCUT2D eigenvalue weighted by Crippen LogP contribution is 2.21. The van der Waals surface area contributed by atoms with Gasteiger partial charge < -0.3 is 23.7 Å². The zero-order chi connectivity index (χ0) is 35.8. The van der Waals surface area contributed by atoms with Crippen LogP contribution >= 0.6 is 0 Å². The van der Waals surface area contributed by atoms with Gasteiger partial charge in [-0.3, -0.25) is 15.0 Å². The van der Waals surface area contributed by atoms with E-state index in [0.717, 1.165) is 17.2 Å². The average Bonchev–Trinajstić information content (AvgIpc) is 3.06. The van der Waals surface area contributed by atoms with Gasteiger partial charge in [0.05, 0.1) is 45.9 Å². The lowest BCUT2D eigenvalue weighted by molar-refractivity contribution is -0.0813. The lowest BCUT2D eigenvalue weighted by atomic mass is 10.1. The fourth-order valence-electron chi connectivity index (χ4n) is 4.23. The number of nitrogens with zero attached hydrogens (tertiary/aromatic N) is 4. The summed E-state index contributed by atoms with van der Waals surface area (Å²) >= 11 is 0. The first-order valence-corrected chi connectivity index (χ1v) is 17.3. The molecule has 0 aliphatic carbocycles. The molecule has 4 aromatic heterocycles. The Balaban J connectivity index is 0.000000339. The molecule has 0 radical (unpaired) electrons. The minimum Gasteiger partial charge on any atom is -0.495 e. The highest BCUT2D eigenvalue weighted by molar-refractivity contribution is 5.26. The van der Waals surface area contributed by atoms with E-state index >= 15 is 0 Å². The number of hydrogen-bond donors (Lipinski definition) is 0. The number of rotatable bonds is 9. The lowest BCUT2D eigenvalue weighted by Gasteiger charge is -2.26. The van der Waals surface area contributed by atoms with Crippen LogP contribution in [0, 0.1) is 6.92 Å². The van der Waals surface area contributed by atoms with Gasteiger partial charge in [0.25, 0.3) is 0 Å². The maximum Gasteiger partial charge on any atom is 0.213 e. The van der Waals surface area contributed by atoms with Crippen LogP contribution in [0.2, 0.25) is 0 Å². The van der Waals surface area contributed by atoms with Crippen LogP contribution in [-0.2, 0) is 9.47 Å². The average molecular weight is 705 g/mol. The summed E-state index contributed by atoms with van der Waals surface area (Å²) in [5.74, 6) is 4.49. The molecule has 2 fully saturated rings. The molecule has 0 aromatic carbocycles. The highest BCUT2D eigenvalue weighted by atomic mass is 16.6. The summed E-state index contributed by atoms with van der Waals surface area (Å²) in [5, 5.41) is 0. The summed E-state index contributed by atoms with van der Waals surface area (Å²) < 4.78 is 26.3. The molecule has 2 aliphatic rings. The monoisotopic (exact) mass is 704 g/mol. The summed E-state index contributed by atoms with van der Waals surface area (Å²) in [6.07, 6.45) is 11.5. The van der Waals surface area contributed by atoms with Crippen LogP contribution in [-0.4, -0.2) is 65.7 Å². The minimum absolute atomic E-state index is 0. The second-order valence-corrected chi connectivity index (χ2v) is 13.4. The van der Waals surface area contributed by atoms with Crippen LogP contribution in [0.4, 0.5) is 0 Å². The van der Waals surface area contributed by atoms with E-state index in [1.807, 2.05) is 43.8 Å². The summed E-state index contributed by atoms with van der Waals surface area (Å²) in [5.41, 5.74) is 6.06. The Morgan fingerprint density at radius 2 is 1.00 bits per heavy atom. The fourth-order valence-corrected chi connectivity index (χ4v) is 4.23. The van der Waals surface area contributed by atoms with Crippen LogP contribution in [0.1, 0.15) is 122 Å². The van der Waals surface area contributed by atoms with Gasteiger partial charge in [-0.2, -0.15) is 0 Å². The molecule has 282 valence electrons. The Labute approximate surface area is 308 Å². The van der Waals surface area contributed by atoms with Crippen molar-refractivity contribution in [2.75, 3.05) is 33.5 Å². The van der Waals surface area contributed by atoms with Gasteiger partial charge in [0.15, 0.2) is 0 Å². The number of methoxy groups -OCH3 is 1. The molecule has 9 heteroatoms. The van der Waals surface area contributed by atoms with Gasteiger partial charge in [-0.1, -0.05) is 82.4 Å². The first-order valence-electron chi connectivity index (χ1n) is 17.3. The molecule has 2 aliphatic heterocycles. The lowest BCUT2D eigenvalue weighted by Crippen LogP contribution is -2.38. The molecule has 0 saturated carbocycles. The second-order valence-electron chi connectivity index (χ2n) is 13.4. The number of ether oxygens (including phenoxy) is 5. The van der Waals surface area contributed by atoms with Crippen LogP contribution in [0.25, 0.3) is 0 Å². The molecule has 6 rings (SSSR count). The van der Waals surface area contributed by atoms with Gasteiger partial charge in [0, 0.05) is 36.5 Å². The van der Waals surface area contributed by atoms with Crippen molar-refractivity contribution in [3.8, 4) is 17.4 Å². The van der Waals surface area contributed by atoms with Gasteiger partial charge in [-0.05, 0) is 71.0 Å². The number of pyridine rings is 4. The molecular weight excluding hydrogens is 640 g/mol. The Morgan fingerprint density at radius 1 is 0.549 bits per heavy atom. The van der Waals surface area contributed by atoms with Gasteiger partial charge in [0.2, 0.25) is 5.88 Å². The van der Waals surface area contributed by atoms with Crippen molar-refractivity contribution in [2.45, 2.75) is 113 Å². The molecule has 4 aromatic rings. The van der Waals surface area contributed by atoms with Crippen molar-refractivity contribution in [1.29, 1.82) is 0 Å². The molecule has 0 amide bonds. The summed E-state index contributed by atoms with van der Waals surface area (Å²) in [7, 11) is 1.65. The molecule has 0 spiro atoms. The number of aryl methyl sites for hydroxylation is 1. The van der Waals surface area contributed by atoms with E-state index in [-0.39, 0.29) is 27.1 Å². The Morgan fingerprint density at radius 3 is 1.39 bits per heavy atom. The highest BCUT2D eigenvalue weighted by Gasteiger charge is 2.21. The summed E-state index contributed by atoms with van der Waals surface area (Å²) in [4.78, 5) is 16.6. The van der Waals surface area contributed by atoms with E-state index in [1.165, 1.54) is 22.3 Å². The largest absolute Gasteiger partial charge is 0.495 e. The number of hydrogen-bond acceptors (Lipinski definition) is 9. The van der Waals surface area contributed by atoms with Crippen LogP contribution in [0.3, 0.4) is 0 Å². The summed E-state index contributed by atoms with van der Waals surface area (Å²) in [6, 6.07) is 12.2. The predicted octanol–water partition coefficient (Wildman–Crippen LogP) is 9.96. The van der Waals surface area contributed by atoms with E-state index in [2.05, 4.69) is 99.6 Å². The van der Waals surface area contributed by atoms with Crippen molar-refractivity contribution < 1.29 is 23.7 Å². The van der Waals surface area contributed by atoms with E-state index in [9.17, 15) is 0 Å². The van der Waals surface area contributed by atoms with E-state index in [1.54, 1.807) is 19.5 Å². The Kier molecular flexibility index (Phi) is 20.6. The van der Waals surface area contributed by atoms with Gasteiger partial charge in [0.1, 0.15) is 23.7 Å². The fraction of sp³-hybridized carbons (Fsp3) is 0.524. The molecule has 0 N–H and O–H groups in total. The third-order valence-corrected chi connectivity index (χ3v) is 7.87. The van der Waals surface area contributed by atoms with Crippen molar-refractivity contribution >= 4 is 0 Å². The van der Waals surface area contributed by atoms with Gasteiger partial charge in [-0.25, -0.2) is 4.98 Å². The van der Waals surface area contributed by atoms with Crippen molar-refractivity contribution in [3.05, 3.63) is 102 Å². The topological polar surface area (TPSA) is 97.7 Å². The molecular formula is C42H64N4O5. The number of aromatic nitrogens is 4. The predicted molar refractivity (Wildman–Crippen MR) is 209 cm³/mol. The molecule has 0 bridgehead atoms. The van der Waals surface area contributed by atoms with Gasteiger partial charge in [-0.15, -0.1) is 0 Å². The minimum atomic E-state index is 0. The second kappa shape index (κ2) is 23.4. The van der Waals surface area contributed by atoms with Crippen molar-refractivity contribution in [1.82, 2.24) is 19.9 Å². The SMILES string of the molecule is C.C.CC(C)c1ccc(OC2COC2)nc1.CC(C)c1cncc(OC2COC2)c1.COc1cncc(C(C)C)c1.Cc1ccc(C(C)C)cn1. The molecule has 0 unspecified atom stereocenters. The first-order chi connectivity index (χ1) is 23.4. The normalized spacial score (nSPS) is 13.5. The van der Waals surface area contributed by atoms with E-state index in [0.29, 0.717) is 56.0 Å². The van der Waals surface area contributed by atoms with Crippen molar-refractivity contribution in [2.24, 2.45) is 0 Å². The van der Waals surface area contributed by atoms with Crippen LogP contribution in [0.5, 0.6) is 17.4 Å². The van der Waals surface area contributed by atoms with Crippen molar-refractivity contribution in [3.63, 3.8) is 0 Å². The Hall–Kier alpha value is -4.08. The molecule has 51 heavy (non-hydrogen) atoms.